The fourth-order valence-corrected chi connectivity index (χ4v) is 2.29. The minimum atomic E-state index is -0.285. The molecule has 0 bridgehead atoms. The molecule has 0 saturated carbocycles. The summed E-state index contributed by atoms with van der Waals surface area (Å²) < 4.78 is 14.8. The zero-order valence-corrected chi connectivity index (χ0v) is 11.5. The molecule has 20 heavy (non-hydrogen) atoms. The van der Waals surface area contributed by atoms with Crippen molar-refractivity contribution in [1.82, 2.24) is 14.8 Å². The van der Waals surface area contributed by atoms with E-state index in [2.05, 4.69) is 16.7 Å². The molecule has 0 aliphatic rings. The van der Waals surface area contributed by atoms with Crippen LogP contribution in [-0.2, 0) is 0 Å². The van der Waals surface area contributed by atoms with Gasteiger partial charge in [0.05, 0.1) is 16.9 Å². The topological polar surface area (TPSA) is 30.7 Å². The first-order valence-corrected chi connectivity index (χ1v) is 6.40. The highest BCUT2D eigenvalue weighted by Crippen LogP contribution is 2.27. The van der Waals surface area contributed by atoms with Gasteiger partial charge >= 0.3 is 0 Å². The number of nitrogens with zero attached hydrogens (tertiary/aromatic N) is 3. The number of benzene rings is 1. The van der Waals surface area contributed by atoms with Gasteiger partial charge in [0.1, 0.15) is 11.0 Å². The fraction of sp³-hybridized carbons (Fsp3) is 0.0667. The Morgan fingerprint density at radius 1 is 1.30 bits per heavy atom. The Labute approximate surface area is 120 Å². The van der Waals surface area contributed by atoms with Gasteiger partial charge in [-0.05, 0) is 36.8 Å². The maximum absolute atomic E-state index is 13.0. The summed E-state index contributed by atoms with van der Waals surface area (Å²) in [4.78, 5) is 4.08. The van der Waals surface area contributed by atoms with Gasteiger partial charge in [-0.25, -0.2) is 14.1 Å². The Hall–Kier alpha value is -2.20. The lowest BCUT2D eigenvalue weighted by molar-refractivity contribution is 0.627. The second-order valence-electron chi connectivity index (χ2n) is 4.54. The number of rotatable bonds is 2. The zero-order valence-electron chi connectivity index (χ0n) is 10.8. The van der Waals surface area contributed by atoms with E-state index in [1.54, 1.807) is 29.1 Å². The number of allylic oxidation sites excluding steroid dienone is 1. The third-order valence-electron chi connectivity index (χ3n) is 3.00. The molecular formula is C15H11ClFN3. The molecule has 0 fully saturated rings. The second-order valence-corrected chi connectivity index (χ2v) is 4.93. The summed E-state index contributed by atoms with van der Waals surface area (Å²) >= 11 is 5.89. The van der Waals surface area contributed by atoms with E-state index >= 15 is 0 Å². The minimum Gasteiger partial charge on any atom is -0.244 e. The number of halogens is 2. The van der Waals surface area contributed by atoms with E-state index in [-0.39, 0.29) is 5.82 Å². The van der Waals surface area contributed by atoms with Crippen molar-refractivity contribution < 1.29 is 4.39 Å². The van der Waals surface area contributed by atoms with Crippen molar-refractivity contribution in [2.45, 2.75) is 6.92 Å². The monoisotopic (exact) mass is 287 g/mol. The first-order chi connectivity index (χ1) is 9.56. The normalized spacial score (nSPS) is 10.9. The molecule has 2 heterocycles. The summed E-state index contributed by atoms with van der Waals surface area (Å²) in [6, 6.07) is 7.83. The molecule has 1 aromatic carbocycles. The predicted octanol–water partition coefficient (Wildman–Crippen LogP) is 4.25. The molecule has 0 spiro atoms. The van der Waals surface area contributed by atoms with Gasteiger partial charge in [-0.3, -0.25) is 0 Å². The minimum absolute atomic E-state index is 0.285. The summed E-state index contributed by atoms with van der Waals surface area (Å²) in [7, 11) is 0. The van der Waals surface area contributed by atoms with Gasteiger partial charge in [-0.2, -0.15) is 5.10 Å². The third kappa shape index (κ3) is 2.08. The fourth-order valence-electron chi connectivity index (χ4n) is 2.14. The summed E-state index contributed by atoms with van der Waals surface area (Å²) in [5.74, 6) is -0.285. The molecule has 100 valence electrons. The lowest BCUT2D eigenvalue weighted by atomic mass is 10.1. The van der Waals surface area contributed by atoms with E-state index in [0.29, 0.717) is 5.15 Å². The Morgan fingerprint density at radius 3 is 2.65 bits per heavy atom. The van der Waals surface area contributed by atoms with Gasteiger partial charge in [0.25, 0.3) is 0 Å². The van der Waals surface area contributed by atoms with Crippen LogP contribution in [0.1, 0.15) is 12.6 Å². The highest BCUT2D eigenvalue weighted by atomic mass is 35.5. The first kappa shape index (κ1) is 12.8. The largest absolute Gasteiger partial charge is 0.244 e. The number of hydrogen-bond donors (Lipinski definition) is 0. The molecule has 0 atom stereocenters. The van der Waals surface area contributed by atoms with E-state index in [1.165, 1.54) is 12.1 Å². The third-order valence-corrected chi connectivity index (χ3v) is 3.21. The van der Waals surface area contributed by atoms with Crippen LogP contribution >= 0.6 is 11.6 Å². The van der Waals surface area contributed by atoms with Crippen molar-refractivity contribution in [2.24, 2.45) is 0 Å². The van der Waals surface area contributed by atoms with E-state index in [0.717, 1.165) is 27.9 Å². The van der Waals surface area contributed by atoms with Crippen LogP contribution in [-0.4, -0.2) is 14.8 Å². The van der Waals surface area contributed by atoms with Crippen LogP contribution in [0.15, 0.2) is 43.1 Å². The lowest BCUT2D eigenvalue weighted by Crippen LogP contribution is -2.00. The van der Waals surface area contributed by atoms with Gasteiger partial charge in [-0.1, -0.05) is 18.2 Å². The molecule has 3 rings (SSSR count). The molecule has 0 radical (unpaired) electrons. The quantitative estimate of drug-likeness (QED) is 0.660. The molecular weight excluding hydrogens is 277 g/mol. The van der Waals surface area contributed by atoms with Crippen molar-refractivity contribution in [1.29, 1.82) is 0 Å². The molecule has 0 aliphatic heterocycles. The van der Waals surface area contributed by atoms with Crippen LogP contribution in [0, 0.1) is 5.82 Å². The van der Waals surface area contributed by atoms with Crippen LogP contribution in [0.25, 0.3) is 22.2 Å². The van der Waals surface area contributed by atoms with Crippen LogP contribution in [0.4, 0.5) is 4.39 Å². The van der Waals surface area contributed by atoms with Crippen molar-refractivity contribution in [3.63, 3.8) is 0 Å². The van der Waals surface area contributed by atoms with E-state index < -0.39 is 0 Å². The van der Waals surface area contributed by atoms with Gasteiger partial charge in [0.15, 0.2) is 0 Å². The van der Waals surface area contributed by atoms with Gasteiger partial charge in [0.2, 0.25) is 0 Å². The SMILES string of the molecule is C=C(C)c1c2cnc(Cl)cc2nn1-c1ccc(F)cc1. The molecule has 5 heteroatoms. The number of aromatic nitrogens is 3. The summed E-state index contributed by atoms with van der Waals surface area (Å²) in [6.07, 6.45) is 1.68. The summed E-state index contributed by atoms with van der Waals surface area (Å²) in [5.41, 5.74) is 3.18. The van der Waals surface area contributed by atoms with Crippen molar-refractivity contribution in [2.75, 3.05) is 0 Å². The average molecular weight is 288 g/mol. The Kier molecular flexibility index (Phi) is 3.03. The lowest BCUT2D eigenvalue weighted by Gasteiger charge is -2.07. The number of hydrogen-bond acceptors (Lipinski definition) is 2. The predicted molar refractivity (Wildman–Crippen MR) is 78.5 cm³/mol. The number of pyridine rings is 1. The molecule has 0 unspecified atom stereocenters. The van der Waals surface area contributed by atoms with Crippen molar-refractivity contribution in [3.8, 4) is 5.69 Å². The molecule has 0 aliphatic carbocycles. The van der Waals surface area contributed by atoms with Gasteiger partial charge < -0.3 is 0 Å². The average Bonchev–Trinajstić information content (AvgIpc) is 2.77. The molecule has 2 aromatic heterocycles. The number of fused-ring (bicyclic) bond motifs is 1. The molecule has 3 aromatic rings. The second kappa shape index (κ2) is 4.72. The van der Waals surface area contributed by atoms with Crippen LogP contribution < -0.4 is 0 Å². The molecule has 0 amide bonds. The molecule has 0 N–H and O–H groups in total. The van der Waals surface area contributed by atoms with E-state index in [4.69, 9.17) is 11.6 Å². The molecule has 3 nitrogen and oxygen atoms in total. The van der Waals surface area contributed by atoms with Crippen LogP contribution in [0.5, 0.6) is 0 Å². The zero-order chi connectivity index (χ0) is 14.3. The standard InChI is InChI=1S/C15H11ClFN3/c1-9(2)15-12-8-18-14(16)7-13(12)19-20(15)11-5-3-10(17)4-6-11/h3-8H,1H2,2H3. The highest BCUT2D eigenvalue weighted by molar-refractivity contribution is 6.30. The Balaban J connectivity index is 2.31. The smallest absolute Gasteiger partial charge is 0.131 e. The first-order valence-electron chi connectivity index (χ1n) is 6.02. The Bertz CT molecular complexity index is 806. The molecule has 0 saturated heterocycles. The van der Waals surface area contributed by atoms with Crippen LogP contribution in [0.3, 0.4) is 0 Å². The highest BCUT2D eigenvalue weighted by Gasteiger charge is 2.14. The van der Waals surface area contributed by atoms with Crippen molar-refractivity contribution >= 4 is 28.1 Å². The van der Waals surface area contributed by atoms with Gasteiger partial charge in [-0.15, -0.1) is 0 Å². The Morgan fingerprint density at radius 2 is 2.00 bits per heavy atom. The van der Waals surface area contributed by atoms with E-state index in [1.807, 2.05) is 6.92 Å². The van der Waals surface area contributed by atoms with Crippen LogP contribution in [0.2, 0.25) is 5.15 Å². The maximum Gasteiger partial charge on any atom is 0.131 e. The summed E-state index contributed by atoms with van der Waals surface area (Å²) in [6.45, 7) is 5.87. The maximum atomic E-state index is 13.0. The van der Waals surface area contributed by atoms with Gasteiger partial charge in [0, 0.05) is 17.6 Å². The van der Waals surface area contributed by atoms with Crippen molar-refractivity contribution in [3.05, 3.63) is 59.8 Å². The summed E-state index contributed by atoms with van der Waals surface area (Å²) in [5, 5.41) is 5.75. The van der Waals surface area contributed by atoms with E-state index in [9.17, 15) is 4.39 Å².